The fourth-order valence-corrected chi connectivity index (χ4v) is 2.51. The maximum atomic E-state index is 6.33. The molecule has 5 heteroatoms. The summed E-state index contributed by atoms with van der Waals surface area (Å²) in [7, 11) is 0. The second kappa shape index (κ2) is 7.99. The lowest BCUT2D eigenvalue weighted by Crippen LogP contribution is -1.94. The fourth-order valence-electron chi connectivity index (χ4n) is 2.30. The van der Waals surface area contributed by atoms with E-state index in [0.717, 1.165) is 28.9 Å². The van der Waals surface area contributed by atoms with Crippen LogP contribution in [0.5, 0.6) is 5.75 Å². The number of hydrogen-bond acceptors (Lipinski definition) is 4. The highest BCUT2D eigenvalue weighted by Crippen LogP contribution is 2.26. The van der Waals surface area contributed by atoms with Crippen molar-refractivity contribution in [2.24, 2.45) is 0 Å². The highest BCUT2D eigenvalue weighted by atomic mass is 35.5. The highest BCUT2D eigenvalue weighted by molar-refractivity contribution is 6.50. The molecule has 0 saturated carbocycles. The van der Waals surface area contributed by atoms with E-state index in [1.165, 1.54) is 0 Å². The first-order valence-corrected chi connectivity index (χ1v) is 8.54. The summed E-state index contributed by atoms with van der Waals surface area (Å²) in [5.41, 5.74) is 2.94. The molecule has 1 aromatic heterocycles. The Hall–Kier alpha value is -2.59. The highest BCUT2D eigenvalue weighted by Gasteiger charge is 2.11. The Bertz CT molecular complexity index is 869. The van der Waals surface area contributed by atoms with Gasteiger partial charge in [-0.2, -0.15) is 0 Å². The third kappa shape index (κ3) is 4.48. The molecule has 0 aliphatic carbocycles. The monoisotopic (exact) mass is 354 g/mol. The summed E-state index contributed by atoms with van der Waals surface area (Å²) in [6.07, 6.45) is 2.77. The Morgan fingerprint density at radius 2 is 1.96 bits per heavy atom. The van der Waals surface area contributed by atoms with Crippen LogP contribution in [0.2, 0.25) is 0 Å². The van der Waals surface area contributed by atoms with Crippen molar-refractivity contribution in [2.75, 3.05) is 6.61 Å². The quantitative estimate of drug-likeness (QED) is 0.580. The minimum Gasteiger partial charge on any atom is -0.494 e. The predicted molar refractivity (Wildman–Crippen MR) is 100 cm³/mol. The van der Waals surface area contributed by atoms with E-state index in [0.29, 0.717) is 23.4 Å². The van der Waals surface area contributed by atoms with E-state index in [2.05, 4.69) is 17.1 Å². The zero-order valence-electron chi connectivity index (χ0n) is 14.2. The van der Waals surface area contributed by atoms with Crippen molar-refractivity contribution in [2.45, 2.75) is 20.3 Å². The molecule has 0 aliphatic heterocycles. The normalized spacial score (nSPS) is 11.6. The smallest absolute Gasteiger partial charge is 0.259 e. The molecular formula is C20H19ClN2O2. The first kappa shape index (κ1) is 17.2. The van der Waals surface area contributed by atoms with Gasteiger partial charge < -0.3 is 9.15 Å². The van der Waals surface area contributed by atoms with Gasteiger partial charge in [0.1, 0.15) is 10.8 Å². The second-order valence-electron chi connectivity index (χ2n) is 5.69. The Labute approximate surface area is 152 Å². The summed E-state index contributed by atoms with van der Waals surface area (Å²) in [5.74, 6) is 1.59. The molecule has 128 valence electrons. The molecule has 1 heterocycles. The van der Waals surface area contributed by atoms with Gasteiger partial charge in [-0.3, -0.25) is 0 Å². The number of nitrogens with zero attached hydrogens (tertiary/aromatic N) is 2. The van der Waals surface area contributed by atoms with Crippen LogP contribution in [0.4, 0.5) is 0 Å². The first-order chi connectivity index (χ1) is 12.2. The SMILES string of the molecule is CCCOc1ccc(/C=C(\Cl)c2nnc(-c3cccc(C)c3)o2)cc1. The lowest BCUT2D eigenvalue weighted by atomic mass is 10.1. The van der Waals surface area contributed by atoms with Crippen LogP contribution in [-0.4, -0.2) is 16.8 Å². The second-order valence-corrected chi connectivity index (χ2v) is 6.10. The Morgan fingerprint density at radius 1 is 1.16 bits per heavy atom. The molecule has 0 N–H and O–H groups in total. The van der Waals surface area contributed by atoms with Crippen LogP contribution in [-0.2, 0) is 0 Å². The van der Waals surface area contributed by atoms with Crippen LogP contribution >= 0.6 is 11.6 Å². The molecule has 0 radical (unpaired) electrons. The summed E-state index contributed by atoms with van der Waals surface area (Å²) in [6.45, 7) is 4.80. The van der Waals surface area contributed by atoms with Gasteiger partial charge in [0, 0.05) is 5.56 Å². The number of ether oxygens (including phenoxy) is 1. The zero-order valence-corrected chi connectivity index (χ0v) is 15.0. The van der Waals surface area contributed by atoms with Gasteiger partial charge in [0.2, 0.25) is 5.89 Å². The third-order valence-electron chi connectivity index (χ3n) is 3.54. The maximum Gasteiger partial charge on any atom is 0.259 e. The molecule has 0 saturated heterocycles. The van der Waals surface area contributed by atoms with Crippen LogP contribution in [0.25, 0.3) is 22.6 Å². The van der Waals surface area contributed by atoms with E-state index < -0.39 is 0 Å². The van der Waals surface area contributed by atoms with E-state index in [1.54, 1.807) is 6.08 Å². The number of benzene rings is 2. The molecule has 3 rings (SSSR count). The van der Waals surface area contributed by atoms with Gasteiger partial charge >= 0.3 is 0 Å². The number of hydrogen-bond donors (Lipinski definition) is 0. The number of aryl methyl sites for hydroxylation is 1. The van der Waals surface area contributed by atoms with Gasteiger partial charge in [-0.05, 0) is 49.2 Å². The summed E-state index contributed by atoms with van der Waals surface area (Å²) in [5, 5.41) is 8.51. The van der Waals surface area contributed by atoms with Crippen molar-refractivity contribution in [3.63, 3.8) is 0 Å². The van der Waals surface area contributed by atoms with Gasteiger partial charge in [-0.15, -0.1) is 10.2 Å². The molecular weight excluding hydrogens is 336 g/mol. The van der Waals surface area contributed by atoms with Crippen molar-refractivity contribution in [3.8, 4) is 17.2 Å². The largest absolute Gasteiger partial charge is 0.494 e. The summed E-state index contributed by atoms with van der Waals surface area (Å²) in [6, 6.07) is 15.6. The number of halogens is 1. The van der Waals surface area contributed by atoms with Crippen LogP contribution in [0, 0.1) is 6.92 Å². The molecule has 25 heavy (non-hydrogen) atoms. The molecule has 0 aliphatic rings. The molecule has 0 unspecified atom stereocenters. The van der Waals surface area contributed by atoms with Crippen molar-refractivity contribution < 1.29 is 9.15 Å². The first-order valence-electron chi connectivity index (χ1n) is 8.16. The van der Waals surface area contributed by atoms with Crippen molar-refractivity contribution in [3.05, 3.63) is 65.5 Å². The van der Waals surface area contributed by atoms with Gasteiger partial charge in [0.15, 0.2) is 0 Å². The van der Waals surface area contributed by atoms with E-state index in [9.17, 15) is 0 Å². The van der Waals surface area contributed by atoms with Gasteiger partial charge in [-0.25, -0.2) is 0 Å². The minimum atomic E-state index is 0.296. The summed E-state index contributed by atoms with van der Waals surface area (Å²) >= 11 is 6.33. The average molecular weight is 355 g/mol. The topological polar surface area (TPSA) is 48.2 Å². The zero-order chi connectivity index (χ0) is 17.6. The lowest BCUT2D eigenvalue weighted by Gasteiger charge is -2.04. The molecule has 2 aromatic carbocycles. The fraction of sp³-hybridized carbons (Fsp3) is 0.200. The number of rotatable bonds is 6. The molecule has 0 fully saturated rings. The molecule has 0 spiro atoms. The molecule has 0 amide bonds. The third-order valence-corrected chi connectivity index (χ3v) is 3.81. The van der Waals surface area contributed by atoms with Crippen LogP contribution in [0.15, 0.2) is 52.9 Å². The van der Waals surface area contributed by atoms with Gasteiger partial charge in [0.05, 0.1) is 6.61 Å². The summed E-state index contributed by atoms with van der Waals surface area (Å²) in [4.78, 5) is 0. The van der Waals surface area contributed by atoms with E-state index in [1.807, 2.05) is 55.5 Å². The maximum absolute atomic E-state index is 6.33. The lowest BCUT2D eigenvalue weighted by molar-refractivity contribution is 0.317. The van der Waals surface area contributed by atoms with Crippen molar-refractivity contribution >= 4 is 22.7 Å². The molecule has 0 bridgehead atoms. The molecule has 3 aromatic rings. The van der Waals surface area contributed by atoms with Crippen molar-refractivity contribution in [1.29, 1.82) is 0 Å². The standard InChI is InChI=1S/C20H19ClN2O2/c1-3-11-24-17-9-7-15(8-10-17)13-18(21)20-23-22-19(25-20)16-6-4-5-14(2)12-16/h4-10,12-13H,3,11H2,1-2H3/b18-13-. The van der Waals surface area contributed by atoms with Gasteiger partial charge in [-0.1, -0.05) is 48.4 Å². The Morgan fingerprint density at radius 3 is 2.68 bits per heavy atom. The Kier molecular flexibility index (Phi) is 5.51. The van der Waals surface area contributed by atoms with Crippen LogP contribution in [0.1, 0.15) is 30.4 Å². The van der Waals surface area contributed by atoms with Crippen molar-refractivity contribution in [1.82, 2.24) is 10.2 Å². The predicted octanol–water partition coefficient (Wildman–Crippen LogP) is 5.57. The van der Waals surface area contributed by atoms with E-state index in [4.69, 9.17) is 20.8 Å². The Balaban J connectivity index is 1.76. The summed E-state index contributed by atoms with van der Waals surface area (Å²) < 4.78 is 11.3. The average Bonchev–Trinajstić information content (AvgIpc) is 3.11. The van der Waals surface area contributed by atoms with E-state index in [-0.39, 0.29) is 0 Å². The van der Waals surface area contributed by atoms with E-state index >= 15 is 0 Å². The van der Waals surface area contributed by atoms with Crippen LogP contribution in [0.3, 0.4) is 0 Å². The minimum absolute atomic E-state index is 0.296. The van der Waals surface area contributed by atoms with Gasteiger partial charge in [0.25, 0.3) is 5.89 Å². The van der Waals surface area contributed by atoms with Crippen LogP contribution < -0.4 is 4.74 Å². The number of aromatic nitrogens is 2. The molecule has 0 atom stereocenters. The molecule has 4 nitrogen and oxygen atoms in total.